The number of carbonyl (C=O) groups excluding carboxylic acids is 2. The number of hydrogen-bond donors (Lipinski definition) is 2. The van der Waals surface area contributed by atoms with Gasteiger partial charge < -0.3 is 19.3 Å². The van der Waals surface area contributed by atoms with Crippen molar-refractivity contribution in [3.8, 4) is 0 Å². The van der Waals surface area contributed by atoms with E-state index in [0.717, 1.165) is 32.1 Å². The second-order valence-corrected chi connectivity index (χ2v) is 17.7. The number of allylic oxidation sites excluding steroid dienone is 2. The fraction of sp³-hybridized carbons (Fsp3) is 0.915. The minimum atomic E-state index is -4.76. The fourth-order valence-electron chi connectivity index (χ4n) is 7.22. The third-order valence-electron chi connectivity index (χ3n) is 10.8. The Kier molecular flexibility index (Phi) is 42.4. The first-order valence-electron chi connectivity index (χ1n) is 24.0. The first kappa shape index (κ1) is 54.8. The number of unbranched alkanes of at least 4 members (excludes halogenated alkanes) is 33. The third-order valence-corrected chi connectivity index (χ3v) is 11.3. The molecule has 0 saturated carbocycles. The Balaban J connectivity index is 3.79. The molecule has 0 aromatic rings. The van der Waals surface area contributed by atoms with E-state index in [4.69, 9.17) is 19.3 Å². The van der Waals surface area contributed by atoms with E-state index in [1.165, 1.54) is 193 Å². The summed E-state index contributed by atoms with van der Waals surface area (Å²) in [6, 6.07) is 0. The van der Waals surface area contributed by atoms with Crippen LogP contribution in [0.3, 0.4) is 0 Å². The molecule has 0 bridgehead atoms. The van der Waals surface area contributed by atoms with Crippen molar-refractivity contribution in [1.82, 2.24) is 0 Å². The van der Waals surface area contributed by atoms with Crippen molar-refractivity contribution >= 4 is 19.8 Å². The number of ether oxygens (including phenoxy) is 2. The first-order valence-corrected chi connectivity index (χ1v) is 25.5. The smallest absolute Gasteiger partial charge is 0.462 e. The monoisotopic (exact) mass is 815 g/mol. The second kappa shape index (κ2) is 43.4. The van der Waals surface area contributed by atoms with Gasteiger partial charge in [-0.3, -0.25) is 14.1 Å². The van der Waals surface area contributed by atoms with Gasteiger partial charge in [-0.25, -0.2) is 4.57 Å². The molecular formula is C47H91O8P. The van der Waals surface area contributed by atoms with Gasteiger partial charge in [0, 0.05) is 12.8 Å². The minimum Gasteiger partial charge on any atom is -0.462 e. The highest BCUT2D eigenvalue weighted by Gasteiger charge is 2.22. The van der Waals surface area contributed by atoms with Crippen LogP contribution in [-0.2, 0) is 28.2 Å². The topological polar surface area (TPSA) is 119 Å². The SMILES string of the molecule is CCCCCCCCCCCCC/C=C/CCC(=O)O[C@H](COC(=O)CCCCCCCCCCCCCCCCCCCCCCCCC)COP(=O)(O)O. The average Bonchev–Trinajstić information content (AvgIpc) is 3.17. The maximum Gasteiger partial charge on any atom is 0.469 e. The molecule has 1 atom stereocenters. The predicted molar refractivity (Wildman–Crippen MR) is 235 cm³/mol. The Morgan fingerprint density at radius 3 is 1.16 bits per heavy atom. The lowest BCUT2D eigenvalue weighted by molar-refractivity contribution is -0.161. The van der Waals surface area contributed by atoms with Crippen LogP contribution in [0.5, 0.6) is 0 Å². The molecule has 0 saturated heterocycles. The highest BCUT2D eigenvalue weighted by molar-refractivity contribution is 7.46. The summed E-state index contributed by atoms with van der Waals surface area (Å²) >= 11 is 0. The number of carbonyl (C=O) groups is 2. The van der Waals surface area contributed by atoms with E-state index in [1.807, 2.05) is 6.08 Å². The molecule has 0 aromatic carbocycles. The van der Waals surface area contributed by atoms with E-state index in [2.05, 4.69) is 24.4 Å². The van der Waals surface area contributed by atoms with Gasteiger partial charge in [0.25, 0.3) is 0 Å². The lowest BCUT2D eigenvalue weighted by atomic mass is 10.0. The van der Waals surface area contributed by atoms with Crippen molar-refractivity contribution in [3.63, 3.8) is 0 Å². The zero-order chi connectivity index (χ0) is 41.1. The summed E-state index contributed by atoms with van der Waals surface area (Å²) in [6.07, 6.45) is 49.6. The summed E-state index contributed by atoms with van der Waals surface area (Å²) in [5.41, 5.74) is 0. The highest BCUT2D eigenvalue weighted by Crippen LogP contribution is 2.36. The maximum absolute atomic E-state index is 12.4. The van der Waals surface area contributed by atoms with E-state index in [9.17, 15) is 14.2 Å². The molecule has 8 nitrogen and oxygen atoms in total. The van der Waals surface area contributed by atoms with E-state index in [-0.39, 0.29) is 19.4 Å². The predicted octanol–water partition coefficient (Wildman–Crippen LogP) is 15.0. The Morgan fingerprint density at radius 2 is 0.786 bits per heavy atom. The Labute approximate surface area is 346 Å². The third kappa shape index (κ3) is 45.5. The van der Waals surface area contributed by atoms with Crippen molar-refractivity contribution in [2.75, 3.05) is 13.2 Å². The maximum atomic E-state index is 12.4. The molecule has 56 heavy (non-hydrogen) atoms. The fourth-order valence-corrected chi connectivity index (χ4v) is 7.58. The Bertz CT molecular complexity index is 920. The number of phosphoric ester groups is 1. The van der Waals surface area contributed by atoms with E-state index in [0.29, 0.717) is 6.42 Å². The zero-order valence-electron chi connectivity index (χ0n) is 36.8. The minimum absolute atomic E-state index is 0.134. The second-order valence-electron chi connectivity index (χ2n) is 16.4. The molecule has 0 radical (unpaired) electrons. The summed E-state index contributed by atoms with van der Waals surface area (Å²) < 4.78 is 26.4. The quantitative estimate of drug-likeness (QED) is 0.0270. The number of phosphoric acid groups is 1. The van der Waals surface area contributed by atoms with Gasteiger partial charge in [-0.1, -0.05) is 231 Å². The summed E-state index contributed by atoms with van der Waals surface area (Å²) in [6.45, 7) is 3.70. The molecule has 9 heteroatoms. The van der Waals surface area contributed by atoms with Gasteiger partial charge >= 0.3 is 19.8 Å². The lowest BCUT2D eigenvalue weighted by Gasteiger charge is -2.18. The van der Waals surface area contributed by atoms with E-state index >= 15 is 0 Å². The normalized spacial score (nSPS) is 12.4. The van der Waals surface area contributed by atoms with Crippen molar-refractivity contribution in [1.29, 1.82) is 0 Å². The summed E-state index contributed by atoms with van der Waals surface area (Å²) in [5, 5.41) is 0. The van der Waals surface area contributed by atoms with Gasteiger partial charge in [-0.2, -0.15) is 0 Å². The molecule has 0 rings (SSSR count). The van der Waals surface area contributed by atoms with Crippen LogP contribution in [0.1, 0.15) is 258 Å². The van der Waals surface area contributed by atoms with Crippen LogP contribution in [0, 0.1) is 0 Å². The van der Waals surface area contributed by atoms with Crippen molar-refractivity contribution in [3.05, 3.63) is 12.2 Å². The van der Waals surface area contributed by atoms with Crippen LogP contribution < -0.4 is 0 Å². The largest absolute Gasteiger partial charge is 0.469 e. The van der Waals surface area contributed by atoms with Crippen LogP contribution in [0.15, 0.2) is 12.2 Å². The Morgan fingerprint density at radius 1 is 0.446 bits per heavy atom. The van der Waals surface area contributed by atoms with Gasteiger partial charge in [0.05, 0.1) is 6.61 Å². The Hall–Kier alpha value is -1.21. The zero-order valence-corrected chi connectivity index (χ0v) is 37.7. The van der Waals surface area contributed by atoms with Crippen LogP contribution >= 0.6 is 7.82 Å². The molecule has 2 N–H and O–H groups in total. The molecule has 0 aliphatic heterocycles. The van der Waals surface area contributed by atoms with Crippen molar-refractivity contribution in [2.24, 2.45) is 0 Å². The molecular weight excluding hydrogens is 723 g/mol. The van der Waals surface area contributed by atoms with Gasteiger partial charge in [0.1, 0.15) is 6.61 Å². The van der Waals surface area contributed by atoms with Crippen LogP contribution in [0.2, 0.25) is 0 Å². The molecule has 0 amide bonds. The van der Waals surface area contributed by atoms with Gasteiger partial charge in [-0.05, 0) is 25.7 Å². The van der Waals surface area contributed by atoms with Crippen LogP contribution in [0.4, 0.5) is 0 Å². The molecule has 0 heterocycles. The standard InChI is InChI=1S/C47H91O8P/c1-3-5-7-9-11-13-15-17-19-20-21-22-23-24-25-26-28-29-31-33-35-37-39-41-46(48)53-43-45(44-54-56(50,51)52)55-47(49)42-40-38-36-34-32-30-27-18-16-14-12-10-8-6-4-2/h36,38,45H,3-35,37,39-44H2,1-2H3,(H2,50,51,52)/b38-36+/t45-/m1/s1. The van der Waals surface area contributed by atoms with E-state index in [1.54, 1.807) is 0 Å². The lowest BCUT2D eigenvalue weighted by Crippen LogP contribution is -2.29. The van der Waals surface area contributed by atoms with Crippen LogP contribution in [0.25, 0.3) is 0 Å². The number of hydrogen-bond acceptors (Lipinski definition) is 6. The van der Waals surface area contributed by atoms with E-state index < -0.39 is 32.5 Å². The molecule has 0 unspecified atom stereocenters. The first-order chi connectivity index (χ1) is 27.3. The van der Waals surface area contributed by atoms with Crippen molar-refractivity contribution in [2.45, 2.75) is 264 Å². The molecule has 0 aromatic heterocycles. The summed E-state index contributed by atoms with van der Waals surface area (Å²) in [5.74, 6) is -0.925. The van der Waals surface area contributed by atoms with Gasteiger partial charge in [0.15, 0.2) is 6.10 Å². The van der Waals surface area contributed by atoms with Crippen molar-refractivity contribution < 1.29 is 37.9 Å². The molecule has 332 valence electrons. The number of rotatable bonds is 45. The van der Waals surface area contributed by atoms with Gasteiger partial charge in [0.2, 0.25) is 0 Å². The molecule has 0 spiro atoms. The van der Waals surface area contributed by atoms with Gasteiger partial charge in [-0.15, -0.1) is 0 Å². The number of esters is 2. The average molecular weight is 815 g/mol. The molecule has 0 fully saturated rings. The summed E-state index contributed by atoms with van der Waals surface area (Å²) in [4.78, 5) is 42.9. The molecule has 0 aliphatic carbocycles. The summed E-state index contributed by atoms with van der Waals surface area (Å²) in [7, 11) is -4.76. The highest BCUT2D eigenvalue weighted by atomic mass is 31.2. The molecule has 0 aliphatic rings. The van der Waals surface area contributed by atoms with Crippen LogP contribution in [-0.4, -0.2) is 41.0 Å².